The first-order chi connectivity index (χ1) is 10.5. The molecule has 22 heavy (non-hydrogen) atoms. The minimum Gasteiger partial charge on any atom is -0.344 e. The van der Waals surface area contributed by atoms with Crippen LogP contribution in [0.2, 0.25) is 0 Å². The predicted octanol–water partition coefficient (Wildman–Crippen LogP) is 2.53. The summed E-state index contributed by atoms with van der Waals surface area (Å²) in [5.74, 6) is -3.62. The van der Waals surface area contributed by atoms with Crippen molar-refractivity contribution in [2.45, 2.75) is 13.5 Å². The molecule has 0 bridgehead atoms. The van der Waals surface area contributed by atoms with Crippen molar-refractivity contribution in [2.24, 2.45) is 0 Å². The molecule has 0 saturated carbocycles. The molecule has 0 aliphatic heterocycles. The van der Waals surface area contributed by atoms with Gasteiger partial charge in [-0.25, -0.2) is 8.78 Å². The monoisotopic (exact) mass is 304 g/mol. The lowest BCUT2D eigenvalue weighted by Crippen LogP contribution is -2.35. The molecule has 0 radical (unpaired) electrons. The number of benzene rings is 2. The van der Waals surface area contributed by atoms with Gasteiger partial charge in [-0.2, -0.15) is 0 Å². The highest BCUT2D eigenvalue weighted by atomic mass is 19.1. The van der Waals surface area contributed by atoms with Gasteiger partial charge in [-0.1, -0.05) is 24.3 Å². The van der Waals surface area contributed by atoms with Crippen molar-refractivity contribution in [3.8, 4) is 0 Å². The van der Waals surface area contributed by atoms with Crippen molar-refractivity contribution in [3.63, 3.8) is 0 Å². The Kier molecular flexibility index (Phi) is 4.83. The van der Waals surface area contributed by atoms with Crippen LogP contribution < -0.4 is 10.6 Å². The van der Waals surface area contributed by atoms with Crippen LogP contribution in [-0.4, -0.2) is 11.8 Å². The zero-order valence-corrected chi connectivity index (χ0v) is 11.8. The van der Waals surface area contributed by atoms with E-state index < -0.39 is 23.4 Å². The second-order valence-corrected chi connectivity index (χ2v) is 4.69. The predicted molar refractivity (Wildman–Crippen MR) is 78.0 cm³/mol. The number of hydrogen-bond acceptors (Lipinski definition) is 2. The molecule has 0 atom stereocenters. The number of aryl methyl sites for hydroxylation is 1. The van der Waals surface area contributed by atoms with Crippen LogP contribution in [0, 0.1) is 18.6 Å². The van der Waals surface area contributed by atoms with E-state index in [1.54, 1.807) is 0 Å². The topological polar surface area (TPSA) is 58.2 Å². The minimum atomic E-state index is -1.01. The first kappa shape index (κ1) is 15.6. The summed E-state index contributed by atoms with van der Waals surface area (Å²) in [6.45, 7) is 2.07. The van der Waals surface area contributed by atoms with Gasteiger partial charge in [-0.15, -0.1) is 0 Å². The fourth-order valence-corrected chi connectivity index (χ4v) is 1.83. The van der Waals surface area contributed by atoms with Gasteiger partial charge >= 0.3 is 11.8 Å². The van der Waals surface area contributed by atoms with Crippen molar-refractivity contribution < 1.29 is 18.4 Å². The minimum absolute atomic E-state index is 0.185. The summed E-state index contributed by atoms with van der Waals surface area (Å²) >= 11 is 0. The number of amides is 2. The van der Waals surface area contributed by atoms with E-state index in [0.29, 0.717) is 6.07 Å². The molecule has 2 amide bonds. The maximum atomic E-state index is 13.4. The Hall–Kier alpha value is -2.76. The normalized spacial score (nSPS) is 10.1. The Labute approximate surface area is 126 Å². The molecule has 2 aromatic rings. The van der Waals surface area contributed by atoms with Gasteiger partial charge in [0.1, 0.15) is 11.6 Å². The molecule has 2 N–H and O–H groups in total. The molecule has 114 valence electrons. The Bertz CT molecular complexity index is 717. The van der Waals surface area contributed by atoms with Crippen molar-refractivity contribution in [1.82, 2.24) is 5.32 Å². The molecule has 4 nitrogen and oxygen atoms in total. The molecule has 0 aromatic heterocycles. The number of carbonyl (C=O) groups excluding carboxylic acids is 2. The van der Waals surface area contributed by atoms with E-state index in [1.165, 1.54) is 0 Å². The largest absolute Gasteiger partial charge is 0.344 e. The lowest BCUT2D eigenvalue weighted by atomic mass is 10.1. The molecule has 0 aliphatic rings. The van der Waals surface area contributed by atoms with Crippen LogP contribution in [-0.2, 0) is 16.1 Å². The van der Waals surface area contributed by atoms with Crippen molar-refractivity contribution >= 4 is 17.5 Å². The SMILES string of the molecule is Cc1ccccc1CNC(=O)C(=O)Nc1ccc(F)cc1F. The maximum absolute atomic E-state index is 13.4. The number of anilines is 1. The molecule has 0 heterocycles. The number of nitrogens with one attached hydrogen (secondary N) is 2. The van der Waals surface area contributed by atoms with Crippen molar-refractivity contribution in [1.29, 1.82) is 0 Å². The van der Waals surface area contributed by atoms with Gasteiger partial charge in [0, 0.05) is 12.6 Å². The Morgan fingerprint density at radius 3 is 2.45 bits per heavy atom. The average molecular weight is 304 g/mol. The summed E-state index contributed by atoms with van der Waals surface area (Å²) in [5, 5.41) is 4.54. The zero-order valence-electron chi connectivity index (χ0n) is 11.8. The fraction of sp³-hybridized carbons (Fsp3) is 0.125. The zero-order chi connectivity index (χ0) is 16.1. The van der Waals surface area contributed by atoms with E-state index >= 15 is 0 Å². The standard InChI is InChI=1S/C16H14F2N2O2/c1-10-4-2-3-5-11(10)9-19-15(21)16(22)20-14-7-6-12(17)8-13(14)18/h2-8H,9H2,1H3,(H,19,21)(H,20,22). The van der Waals surface area contributed by atoms with Gasteiger partial charge < -0.3 is 10.6 Å². The van der Waals surface area contributed by atoms with Crippen LogP contribution >= 0.6 is 0 Å². The molecule has 0 fully saturated rings. The van der Waals surface area contributed by atoms with E-state index in [9.17, 15) is 18.4 Å². The smallest absolute Gasteiger partial charge is 0.313 e. The highest BCUT2D eigenvalue weighted by Crippen LogP contribution is 2.14. The summed E-state index contributed by atoms with van der Waals surface area (Å²) < 4.78 is 26.1. The highest BCUT2D eigenvalue weighted by molar-refractivity contribution is 6.39. The molecule has 0 unspecified atom stereocenters. The average Bonchev–Trinajstić information content (AvgIpc) is 2.49. The van der Waals surface area contributed by atoms with Gasteiger partial charge in [0.2, 0.25) is 0 Å². The number of carbonyl (C=O) groups is 2. The van der Waals surface area contributed by atoms with E-state index in [4.69, 9.17) is 0 Å². The third kappa shape index (κ3) is 3.88. The summed E-state index contributed by atoms with van der Waals surface area (Å²) in [7, 11) is 0. The summed E-state index contributed by atoms with van der Waals surface area (Å²) in [5.41, 5.74) is 1.60. The molecule has 0 spiro atoms. The third-order valence-corrected chi connectivity index (χ3v) is 3.09. The lowest BCUT2D eigenvalue weighted by Gasteiger charge is -2.09. The fourth-order valence-electron chi connectivity index (χ4n) is 1.83. The molecule has 2 aromatic carbocycles. The molecule has 0 aliphatic carbocycles. The second kappa shape index (κ2) is 6.80. The summed E-state index contributed by atoms with van der Waals surface area (Å²) in [6.07, 6.45) is 0. The molecule has 0 saturated heterocycles. The van der Waals surface area contributed by atoms with Crippen molar-refractivity contribution in [3.05, 3.63) is 65.2 Å². The van der Waals surface area contributed by atoms with Crippen LogP contribution in [0.15, 0.2) is 42.5 Å². The summed E-state index contributed by atoms with van der Waals surface area (Å²) in [6, 6.07) is 10.1. The molecule has 6 heteroatoms. The molecular formula is C16H14F2N2O2. The molecule has 2 rings (SSSR count). The van der Waals surface area contributed by atoms with Crippen LogP contribution in [0.1, 0.15) is 11.1 Å². The molecular weight excluding hydrogens is 290 g/mol. The first-order valence-corrected chi connectivity index (χ1v) is 6.56. The summed E-state index contributed by atoms with van der Waals surface area (Å²) in [4.78, 5) is 23.4. The highest BCUT2D eigenvalue weighted by Gasteiger charge is 2.15. The van der Waals surface area contributed by atoms with E-state index in [-0.39, 0.29) is 12.2 Å². The van der Waals surface area contributed by atoms with E-state index in [0.717, 1.165) is 23.3 Å². The van der Waals surface area contributed by atoms with Crippen LogP contribution in [0.25, 0.3) is 0 Å². The lowest BCUT2D eigenvalue weighted by molar-refractivity contribution is -0.136. The Morgan fingerprint density at radius 2 is 1.77 bits per heavy atom. The number of hydrogen-bond donors (Lipinski definition) is 2. The van der Waals surface area contributed by atoms with Crippen LogP contribution in [0.3, 0.4) is 0 Å². The number of rotatable bonds is 3. The van der Waals surface area contributed by atoms with Crippen molar-refractivity contribution in [2.75, 3.05) is 5.32 Å². The maximum Gasteiger partial charge on any atom is 0.313 e. The van der Waals surface area contributed by atoms with E-state index in [2.05, 4.69) is 10.6 Å². The first-order valence-electron chi connectivity index (χ1n) is 6.56. The van der Waals surface area contributed by atoms with Gasteiger partial charge in [-0.3, -0.25) is 9.59 Å². The van der Waals surface area contributed by atoms with Gasteiger partial charge in [0.05, 0.1) is 5.69 Å². The van der Waals surface area contributed by atoms with Crippen LogP contribution in [0.5, 0.6) is 0 Å². The van der Waals surface area contributed by atoms with Gasteiger partial charge in [0.25, 0.3) is 0 Å². The Morgan fingerprint density at radius 1 is 1.05 bits per heavy atom. The number of halogens is 2. The van der Waals surface area contributed by atoms with E-state index in [1.807, 2.05) is 31.2 Å². The second-order valence-electron chi connectivity index (χ2n) is 4.69. The van der Waals surface area contributed by atoms with Gasteiger partial charge in [-0.05, 0) is 30.2 Å². The quantitative estimate of drug-likeness (QED) is 0.856. The Balaban J connectivity index is 1.95. The third-order valence-electron chi connectivity index (χ3n) is 3.09. The van der Waals surface area contributed by atoms with Gasteiger partial charge in [0.15, 0.2) is 0 Å². The van der Waals surface area contributed by atoms with Crippen LogP contribution in [0.4, 0.5) is 14.5 Å².